The first kappa shape index (κ1) is 30.6. The van der Waals surface area contributed by atoms with Gasteiger partial charge in [-0.1, -0.05) is 77.3 Å². The van der Waals surface area contributed by atoms with Gasteiger partial charge in [-0.2, -0.15) is 0 Å². The topological polar surface area (TPSA) is 96.0 Å². The predicted octanol–water partition coefficient (Wildman–Crippen LogP) is 4.92. The Morgan fingerprint density at radius 2 is 1.66 bits per heavy atom. The van der Waals surface area contributed by atoms with E-state index in [9.17, 15) is 18.0 Å². The molecule has 10 heteroatoms. The van der Waals surface area contributed by atoms with Crippen molar-refractivity contribution < 1.29 is 22.7 Å². The van der Waals surface area contributed by atoms with Crippen molar-refractivity contribution in [2.24, 2.45) is 0 Å². The van der Waals surface area contributed by atoms with Gasteiger partial charge < -0.3 is 15.0 Å². The highest BCUT2D eigenvalue weighted by atomic mass is 79.9. The minimum atomic E-state index is -3.83. The van der Waals surface area contributed by atoms with Gasteiger partial charge in [0.2, 0.25) is 21.8 Å². The first-order chi connectivity index (χ1) is 19.6. The quantitative estimate of drug-likeness (QED) is 0.303. The number of hydrogen-bond donors (Lipinski definition) is 1. The van der Waals surface area contributed by atoms with E-state index in [1.165, 1.54) is 4.90 Å². The van der Waals surface area contributed by atoms with Crippen LogP contribution in [0.3, 0.4) is 0 Å². The number of nitrogens with one attached hydrogen (secondary N) is 1. The Morgan fingerprint density at radius 1 is 0.976 bits per heavy atom. The van der Waals surface area contributed by atoms with Gasteiger partial charge in [-0.25, -0.2) is 8.42 Å². The van der Waals surface area contributed by atoms with Crippen molar-refractivity contribution in [3.63, 3.8) is 0 Å². The van der Waals surface area contributed by atoms with Crippen LogP contribution in [0.25, 0.3) is 0 Å². The maximum Gasteiger partial charge on any atom is 0.244 e. The van der Waals surface area contributed by atoms with Crippen molar-refractivity contribution in [3.8, 4) is 5.75 Å². The van der Waals surface area contributed by atoms with Gasteiger partial charge in [-0.15, -0.1) is 0 Å². The average molecular weight is 643 g/mol. The zero-order valence-corrected chi connectivity index (χ0v) is 25.7. The molecule has 41 heavy (non-hydrogen) atoms. The van der Waals surface area contributed by atoms with Gasteiger partial charge in [0.05, 0.1) is 19.1 Å². The fourth-order valence-electron chi connectivity index (χ4n) is 5.13. The first-order valence-corrected chi connectivity index (χ1v) is 16.3. The monoisotopic (exact) mass is 641 g/mol. The highest BCUT2D eigenvalue weighted by Gasteiger charge is 2.34. The van der Waals surface area contributed by atoms with E-state index in [-0.39, 0.29) is 24.9 Å². The van der Waals surface area contributed by atoms with Gasteiger partial charge in [-0.05, 0) is 54.3 Å². The molecule has 218 valence electrons. The van der Waals surface area contributed by atoms with Gasteiger partial charge in [-0.3, -0.25) is 13.9 Å². The van der Waals surface area contributed by atoms with Crippen molar-refractivity contribution in [2.75, 3.05) is 24.2 Å². The van der Waals surface area contributed by atoms with Crippen molar-refractivity contribution in [2.45, 2.75) is 50.7 Å². The molecule has 1 N–H and O–H groups in total. The van der Waals surface area contributed by atoms with Gasteiger partial charge in [0.25, 0.3) is 0 Å². The predicted molar refractivity (Wildman–Crippen MR) is 164 cm³/mol. The number of halogens is 1. The van der Waals surface area contributed by atoms with Crippen molar-refractivity contribution in [1.29, 1.82) is 0 Å². The van der Waals surface area contributed by atoms with Crippen LogP contribution in [0, 0.1) is 0 Å². The molecule has 0 spiro atoms. The molecule has 1 aliphatic carbocycles. The molecule has 0 heterocycles. The van der Waals surface area contributed by atoms with E-state index in [1.54, 1.807) is 31.4 Å². The van der Waals surface area contributed by atoms with Crippen LogP contribution in [0.1, 0.15) is 36.8 Å². The summed E-state index contributed by atoms with van der Waals surface area (Å²) in [7, 11) is -2.26. The van der Waals surface area contributed by atoms with E-state index < -0.39 is 28.5 Å². The summed E-state index contributed by atoms with van der Waals surface area (Å²) in [6.07, 6.45) is 5.26. The highest BCUT2D eigenvalue weighted by molar-refractivity contribution is 9.10. The van der Waals surface area contributed by atoms with Crippen LogP contribution < -0.4 is 14.4 Å². The second kappa shape index (κ2) is 14.0. The zero-order chi connectivity index (χ0) is 29.4. The zero-order valence-electron chi connectivity index (χ0n) is 23.3. The van der Waals surface area contributed by atoms with Crippen molar-refractivity contribution in [3.05, 3.63) is 94.5 Å². The number of rotatable bonds is 12. The van der Waals surface area contributed by atoms with Crippen LogP contribution in [-0.4, -0.2) is 57.1 Å². The van der Waals surface area contributed by atoms with E-state index in [4.69, 9.17) is 4.74 Å². The molecule has 3 aromatic carbocycles. The lowest BCUT2D eigenvalue weighted by molar-refractivity contribution is -0.140. The van der Waals surface area contributed by atoms with Crippen LogP contribution in [0.5, 0.6) is 5.75 Å². The summed E-state index contributed by atoms with van der Waals surface area (Å²) >= 11 is 3.39. The molecule has 1 saturated carbocycles. The number of ether oxygens (including phenoxy) is 1. The number of benzene rings is 3. The van der Waals surface area contributed by atoms with Crippen molar-refractivity contribution >= 4 is 43.5 Å². The lowest BCUT2D eigenvalue weighted by Gasteiger charge is -2.34. The number of amides is 2. The van der Waals surface area contributed by atoms with E-state index in [2.05, 4.69) is 21.2 Å². The van der Waals surface area contributed by atoms with E-state index in [0.717, 1.165) is 47.4 Å². The number of methoxy groups -OCH3 is 1. The van der Waals surface area contributed by atoms with Crippen LogP contribution in [0.15, 0.2) is 83.3 Å². The van der Waals surface area contributed by atoms with Crippen LogP contribution in [0.2, 0.25) is 0 Å². The third-order valence-electron chi connectivity index (χ3n) is 7.24. The molecular formula is C31H36BrN3O5S. The average Bonchev–Trinajstić information content (AvgIpc) is 3.46. The number of anilines is 1. The molecule has 0 bridgehead atoms. The largest absolute Gasteiger partial charge is 0.497 e. The summed E-state index contributed by atoms with van der Waals surface area (Å²) in [5.41, 5.74) is 2.01. The van der Waals surface area contributed by atoms with Crippen LogP contribution in [-0.2, 0) is 32.6 Å². The fraction of sp³-hybridized carbons (Fsp3) is 0.355. The number of carbonyl (C=O) groups is 2. The SMILES string of the molecule is COc1cccc(CN(C(=O)CN(c2cccc(Br)c2)S(C)(=O)=O)[C@H](Cc2ccccc2)C(=O)NC2CCCC2)c1. The Balaban J connectivity index is 1.73. The minimum Gasteiger partial charge on any atom is -0.497 e. The molecule has 8 nitrogen and oxygen atoms in total. The summed E-state index contributed by atoms with van der Waals surface area (Å²) in [4.78, 5) is 29.6. The third-order valence-corrected chi connectivity index (χ3v) is 8.87. The van der Waals surface area contributed by atoms with E-state index in [1.807, 2.05) is 54.6 Å². The third kappa shape index (κ3) is 8.56. The fourth-order valence-corrected chi connectivity index (χ4v) is 6.36. The van der Waals surface area contributed by atoms with Crippen LogP contribution in [0.4, 0.5) is 5.69 Å². The number of nitrogens with zero attached hydrogens (tertiary/aromatic N) is 2. The Labute approximate surface area is 250 Å². The van der Waals surface area contributed by atoms with Gasteiger partial charge in [0.15, 0.2) is 0 Å². The molecule has 1 atom stereocenters. The Hall–Kier alpha value is -3.37. The minimum absolute atomic E-state index is 0.0590. The maximum absolute atomic E-state index is 14.2. The second-order valence-corrected chi connectivity index (χ2v) is 13.1. The van der Waals surface area contributed by atoms with Crippen LogP contribution >= 0.6 is 15.9 Å². The summed E-state index contributed by atoms with van der Waals surface area (Å²) in [6, 6.07) is 22.8. The summed E-state index contributed by atoms with van der Waals surface area (Å²) in [5.74, 6) is -0.108. The lowest BCUT2D eigenvalue weighted by atomic mass is 10.0. The van der Waals surface area contributed by atoms with Crippen molar-refractivity contribution in [1.82, 2.24) is 10.2 Å². The molecule has 0 unspecified atom stereocenters. The smallest absolute Gasteiger partial charge is 0.244 e. The normalized spacial score (nSPS) is 14.3. The van der Waals surface area contributed by atoms with E-state index in [0.29, 0.717) is 15.9 Å². The molecule has 0 radical (unpaired) electrons. The van der Waals surface area contributed by atoms with Gasteiger partial charge >= 0.3 is 0 Å². The molecule has 0 aliphatic heterocycles. The lowest BCUT2D eigenvalue weighted by Crippen LogP contribution is -2.54. The molecule has 1 aliphatic rings. The number of sulfonamides is 1. The highest BCUT2D eigenvalue weighted by Crippen LogP contribution is 2.25. The standard InChI is InChI=1S/C31H36BrN3O5S/c1-40-28-17-8-12-24(18-28)21-34(30(36)22-35(41(2,38)39)27-16-9-13-25(32)20-27)29(19-23-10-4-3-5-11-23)31(37)33-26-14-6-7-15-26/h3-5,8-13,16-18,20,26,29H,6-7,14-15,19,21-22H2,1-2H3,(H,33,37)/t29-/m1/s1. The molecule has 3 aromatic rings. The van der Waals surface area contributed by atoms with Gasteiger partial charge in [0.1, 0.15) is 18.3 Å². The second-order valence-electron chi connectivity index (χ2n) is 10.3. The Morgan fingerprint density at radius 3 is 2.32 bits per heavy atom. The first-order valence-electron chi connectivity index (χ1n) is 13.6. The number of hydrogen-bond acceptors (Lipinski definition) is 5. The maximum atomic E-state index is 14.2. The van der Waals surface area contributed by atoms with Gasteiger partial charge in [0, 0.05) is 23.5 Å². The molecule has 0 saturated heterocycles. The number of carbonyl (C=O) groups excluding carboxylic acids is 2. The molecule has 4 rings (SSSR count). The van der Waals surface area contributed by atoms with E-state index >= 15 is 0 Å². The summed E-state index contributed by atoms with van der Waals surface area (Å²) < 4.78 is 33.0. The Kier molecular flexibility index (Phi) is 10.4. The molecule has 2 amide bonds. The molecule has 0 aromatic heterocycles. The molecule has 1 fully saturated rings. The molecular weight excluding hydrogens is 606 g/mol. The summed E-state index contributed by atoms with van der Waals surface area (Å²) in [5, 5.41) is 3.17. The Bertz CT molecular complexity index is 1440. The summed E-state index contributed by atoms with van der Waals surface area (Å²) in [6.45, 7) is -0.358.